The molecule has 1 N–H and O–H groups in total. The van der Waals surface area contributed by atoms with E-state index in [2.05, 4.69) is 16.3 Å². The van der Waals surface area contributed by atoms with Crippen LogP contribution in [0.5, 0.6) is 0 Å². The molecule has 1 aromatic heterocycles. The number of likely N-dealkylation sites (tertiary alicyclic amines) is 1. The molecular formula is C20H22FN3OS. The van der Waals surface area contributed by atoms with Crippen LogP contribution in [-0.4, -0.2) is 27.7 Å². The molecule has 136 valence electrons. The Morgan fingerprint density at radius 3 is 2.73 bits per heavy atom. The van der Waals surface area contributed by atoms with Crippen molar-refractivity contribution < 1.29 is 4.39 Å². The zero-order valence-corrected chi connectivity index (χ0v) is 15.5. The van der Waals surface area contributed by atoms with Crippen LogP contribution in [0, 0.1) is 11.7 Å². The lowest BCUT2D eigenvalue weighted by molar-refractivity contribution is 0.176. The van der Waals surface area contributed by atoms with Crippen molar-refractivity contribution in [1.82, 2.24) is 14.8 Å². The van der Waals surface area contributed by atoms with E-state index in [0.29, 0.717) is 11.8 Å². The van der Waals surface area contributed by atoms with E-state index in [1.807, 2.05) is 17.6 Å². The monoisotopic (exact) mass is 371 g/mol. The summed E-state index contributed by atoms with van der Waals surface area (Å²) in [7, 11) is 0. The summed E-state index contributed by atoms with van der Waals surface area (Å²) in [4.78, 5) is 14.3. The number of benzene rings is 1. The third-order valence-corrected chi connectivity index (χ3v) is 5.85. The van der Waals surface area contributed by atoms with Crippen LogP contribution in [0.25, 0.3) is 0 Å². The molecule has 0 unspecified atom stereocenters. The topological polar surface area (TPSA) is 37.3 Å². The minimum atomic E-state index is -0.235. The van der Waals surface area contributed by atoms with Gasteiger partial charge in [-0.25, -0.2) is 4.39 Å². The van der Waals surface area contributed by atoms with Crippen LogP contribution in [0.15, 0.2) is 47.3 Å². The average molecular weight is 371 g/mol. The molecule has 0 aliphatic carbocycles. The molecule has 2 aliphatic rings. The van der Waals surface area contributed by atoms with Crippen LogP contribution in [0.2, 0.25) is 0 Å². The highest BCUT2D eigenvalue weighted by Gasteiger charge is 2.35. The molecule has 0 saturated carbocycles. The van der Waals surface area contributed by atoms with E-state index in [4.69, 9.17) is 12.2 Å². The fraction of sp³-hybridized carbons (Fsp3) is 0.400. The van der Waals surface area contributed by atoms with Gasteiger partial charge in [-0.05, 0) is 55.2 Å². The summed E-state index contributed by atoms with van der Waals surface area (Å²) in [6, 6.07) is 12.1. The number of halogens is 1. The molecule has 1 aromatic carbocycles. The third kappa shape index (κ3) is 3.26. The second-order valence-electron chi connectivity index (χ2n) is 7.33. The van der Waals surface area contributed by atoms with Crippen molar-refractivity contribution in [1.29, 1.82) is 0 Å². The lowest BCUT2D eigenvalue weighted by atomic mass is 9.83. The number of nitrogens with one attached hydrogen (secondary N) is 1. The highest BCUT2D eigenvalue weighted by Crippen LogP contribution is 2.35. The Kier molecular flexibility index (Phi) is 4.53. The molecule has 1 saturated heterocycles. The van der Waals surface area contributed by atoms with Crippen molar-refractivity contribution >= 4 is 17.3 Å². The lowest BCUT2D eigenvalue weighted by Gasteiger charge is -2.44. The normalized spacial score (nSPS) is 22.5. The van der Waals surface area contributed by atoms with E-state index in [0.717, 1.165) is 42.4 Å². The Labute approximate surface area is 157 Å². The number of rotatable bonds is 2. The first-order valence-electron chi connectivity index (χ1n) is 9.02. The van der Waals surface area contributed by atoms with Crippen molar-refractivity contribution in [3.63, 3.8) is 0 Å². The molecule has 3 atom stereocenters. The molecule has 2 aromatic rings. The van der Waals surface area contributed by atoms with E-state index in [-0.39, 0.29) is 17.4 Å². The summed E-state index contributed by atoms with van der Waals surface area (Å²) in [6.45, 7) is 4.47. The van der Waals surface area contributed by atoms with Crippen LogP contribution in [0.4, 0.5) is 4.39 Å². The maximum absolute atomic E-state index is 13.1. The van der Waals surface area contributed by atoms with E-state index in [9.17, 15) is 9.18 Å². The summed E-state index contributed by atoms with van der Waals surface area (Å²) < 4.78 is 15.0. The highest BCUT2D eigenvalue weighted by molar-refractivity contribution is 7.80. The van der Waals surface area contributed by atoms with Gasteiger partial charge in [0.25, 0.3) is 5.56 Å². The SMILES string of the molecule is C[C@@H](NC(=S)N1C[C@H]2C[C@H](C1)c1cccc(=O)n1C2)c1ccc(F)cc1. The molecule has 0 amide bonds. The standard InChI is InChI=1S/C20H22FN3OS/c1-13(15-5-7-17(21)8-6-15)22-20(26)23-10-14-9-16(12-23)18-3-2-4-19(25)24(18)11-14/h2-8,13-14,16H,9-12H2,1H3,(H,22,26)/t13-,14-,16-/m1/s1. The molecular weight excluding hydrogens is 349 g/mol. The Morgan fingerprint density at radius 2 is 1.96 bits per heavy atom. The van der Waals surface area contributed by atoms with Crippen molar-refractivity contribution in [2.45, 2.75) is 31.8 Å². The number of nitrogens with zero attached hydrogens (tertiary/aromatic N) is 2. The van der Waals surface area contributed by atoms with Crippen molar-refractivity contribution in [3.8, 4) is 0 Å². The van der Waals surface area contributed by atoms with Crippen LogP contribution >= 0.6 is 12.2 Å². The minimum absolute atomic E-state index is 0.0137. The molecule has 2 bridgehead atoms. The van der Waals surface area contributed by atoms with Gasteiger partial charge < -0.3 is 14.8 Å². The van der Waals surface area contributed by atoms with E-state index in [1.165, 1.54) is 12.1 Å². The summed E-state index contributed by atoms with van der Waals surface area (Å²) in [6.07, 6.45) is 1.11. The summed E-state index contributed by atoms with van der Waals surface area (Å²) in [5.74, 6) is 0.529. The maximum atomic E-state index is 13.1. The number of hydrogen-bond donors (Lipinski definition) is 1. The van der Waals surface area contributed by atoms with Gasteiger partial charge in [-0.2, -0.15) is 0 Å². The zero-order valence-electron chi connectivity index (χ0n) is 14.7. The van der Waals surface area contributed by atoms with Crippen molar-refractivity contribution in [2.24, 2.45) is 5.92 Å². The van der Waals surface area contributed by atoms with Gasteiger partial charge in [0.15, 0.2) is 5.11 Å². The Balaban J connectivity index is 1.47. The number of piperidine rings is 1. The molecule has 4 rings (SSSR count). The van der Waals surface area contributed by atoms with Gasteiger partial charge in [-0.15, -0.1) is 0 Å². The molecule has 2 aliphatic heterocycles. The smallest absolute Gasteiger partial charge is 0.250 e. The van der Waals surface area contributed by atoms with Crippen LogP contribution in [0.3, 0.4) is 0 Å². The fourth-order valence-electron chi connectivity index (χ4n) is 4.17. The van der Waals surface area contributed by atoms with Crippen LogP contribution in [0.1, 0.15) is 36.6 Å². The Morgan fingerprint density at radius 1 is 1.19 bits per heavy atom. The molecule has 4 nitrogen and oxygen atoms in total. The number of fused-ring (bicyclic) bond motifs is 4. The quantitative estimate of drug-likeness (QED) is 0.824. The summed E-state index contributed by atoms with van der Waals surface area (Å²) in [5.41, 5.74) is 2.21. The molecule has 0 spiro atoms. The van der Waals surface area contributed by atoms with Crippen LogP contribution < -0.4 is 10.9 Å². The molecule has 0 radical (unpaired) electrons. The molecule has 6 heteroatoms. The first-order chi connectivity index (χ1) is 12.5. The lowest BCUT2D eigenvalue weighted by Crippen LogP contribution is -2.52. The van der Waals surface area contributed by atoms with Crippen LogP contribution in [-0.2, 0) is 6.54 Å². The van der Waals surface area contributed by atoms with Gasteiger partial charge in [0.1, 0.15) is 5.82 Å². The predicted octanol–water partition coefficient (Wildman–Crippen LogP) is 3.04. The Bertz CT molecular complexity index is 879. The first-order valence-corrected chi connectivity index (χ1v) is 9.42. The van der Waals surface area contributed by atoms with E-state index in [1.54, 1.807) is 18.2 Å². The first kappa shape index (κ1) is 17.2. The molecule has 3 heterocycles. The van der Waals surface area contributed by atoms with Gasteiger partial charge in [-0.3, -0.25) is 4.79 Å². The maximum Gasteiger partial charge on any atom is 0.250 e. The van der Waals surface area contributed by atoms with E-state index < -0.39 is 0 Å². The fourth-order valence-corrected chi connectivity index (χ4v) is 4.50. The summed E-state index contributed by atoms with van der Waals surface area (Å²) >= 11 is 5.65. The third-order valence-electron chi connectivity index (χ3n) is 5.48. The number of thiocarbonyl (C=S) groups is 1. The molecule has 1 fully saturated rings. The van der Waals surface area contributed by atoms with Gasteiger partial charge in [-0.1, -0.05) is 18.2 Å². The predicted molar refractivity (Wildman–Crippen MR) is 104 cm³/mol. The van der Waals surface area contributed by atoms with Crippen molar-refractivity contribution in [2.75, 3.05) is 13.1 Å². The van der Waals surface area contributed by atoms with E-state index >= 15 is 0 Å². The van der Waals surface area contributed by atoms with Gasteiger partial charge in [0.05, 0.1) is 6.04 Å². The Hall–Kier alpha value is -2.21. The minimum Gasteiger partial charge on any atom is -0.356 e. The number of hydrogen-bond acceptors (Lipinski definition) is 2. The number of aromatic nitrogens is 1. The summed E-state index contributed by atoms with van der Waals surface area (Å²) in [5, 5.41) is 4.10. The number of pyridine rings is 1. The zero-order chi connectivity index (χ0) is 18.3. The van der Waals surface area contributed by atoms with Gasteiger partial charge in [0.2, 0.25) is 0 Å². The average Bonchev–Trinajstić information content (AvgIpc) is 2.63. The van der Waals surface area contributed by atoms with Crippen molar-refractivity contribution in [3.05, 3.63) is 69.9 Å². The largest absolute Gasteiger partial charge is 0.356 e. The molecule has 26 heavy (non-hydrogen) atoms. The van der Waals surface area contributed by atoms with Gasteiger partial charge >= 0.3 is 0 Å². The second-order valence-corrected chi connectivity index (χ2v) is 7.71. The highest BCUT2D eigenvalue weighted by atomic mass is 32.1. The second kappa shape index (κ2) is 6.83. The van der Waals surface area contributed by atoms with Gasteiger partial charge in [0, 0.05) is 37.3 Å².